The van der Waals surface area contributed by atoms with Crippen molar-refractivity contribution >= 4 is 0 Å². The van der Waals surface area contributed by atoms with E-state index in [0.29, 0.717) is 29.9 Å². The van der Waals surface area contributed by atoms with Gasteiger partial charge < -0.3 is 34.1 Å². The molecule has 0 radical (unpaired) electrons. The lowest BCUT2D eigenvalue weighted by Gasteiger charge is -2.45. The maximum Gasteiger partial charge on any atom is 0.258 e. The average molecular weight is 917 g/mol. The smallest absolute Gasteiger partial charge is 0.258 e. The van der Waals surface area contributed by atoms with E-state index < -0.39 is 5.54 Å². The molecule has 1 fully saturated rings. The predicted octanol–water partition coefficient (Wildman–Crippen LogP) is 10.7. The van der Waals surface area contributed by atoms with Gasteiger partial charge in [-0.2, -0.15) is 9.97 Å². The summed E-state index contributed by atoms with van der Waals surface area (Å²) in [4.78, 5) is 11.9. The van der Waals surface area contributed by atoms with Crippen molar-refractivity contribution in [3.63, 3.8) is 0 Å². The molecule has 10 rings (SSSR count). The molecule has 2 aliphatic carbocycles. The Labute approximate surface area is 399 Å². The number of aliphatic hydroxyl groups excluding tert-OH is 1. The minimum atomic E-state index is -0.553. The lowest BCUT2D eigenvalue weighted by Crippen LogP contribution is -2.54. The van der Waals surface area contributed by atoms with Crippen molar-refractivity contribution in [2.24, 2.45) is 5.73 Å². The number of rotatable bonds is 11. The molecule has 3 aliphatic rings. The van der Waals surface area contributed by atoms with Crippen LogP contribution in [0.15, 0.2) is 112 Å². The number of nitrogens with zero attached hydrogens (tertiary/aromatic N) is 5. The second-order valence-corrected chi connectivity index (χ2v) is 20.0. The summed E-state index contributed by atoms with van der Waals surface area (Å²) in [5.74, 6) is 3.87. The van der Waals surface area contributed by atoms with E-state index >= 15 is 0 Å². The van der Waals surface area contributed by atoms with Crippen LogP contribution in [0.5, 0.6) is 11.5 Å². The topological polar surface area (TPSA) is 155 Å². The first kappa shape index (κ1) is 46.9. The van der Waals surface area contributed by atoms with Crippen molar-refractivity contribution in [1.82, 2.24) is 25.2 Å². The van der Waals surface area contributed by atoms with Crippen LogP contribution in [-0.2, 0) is 37.0 Å². The molecule has 1 saturated heterocycles. The van der Waals surface area contributed by atoms with Crippen molar-refractivity contribution in [3.8, 4) is 57.2 Å². The van der Waals surface area contributed by atoms with Gasteiger partial charge in [-0.1, -0.05) is 52.8 Å². The molecule has 2 aromatic heterocycles. The van der Waals surface area contributed by atoms with Crippen LogP contribution in [0.25, 0.3) is 45.7 Å². The fraction of sp³-hybridized carbons (Fsp3) is 0.393. The molecule has 68 heavy (non-hydrogen) atoms. The summed E-state index contributed by atoms with van der Waals surface area (Å²) in [5.41, 5.74) is 17.5. The van der Waals surface area contributed by atoms with E-state index in [4.69, 9.17) is 34.0 Å². The molecule has 2 atom stereocenters. The van der Waals surface area contributed by atoms with Gasteiger partial charge in [0.05, 0.1) is 31.0 Å². The van der Waals surface area contributed by atoms with E-state index in [2.05, 4.69) is 88.6 Å². The molecule has 1 aliphatic heterocycles. The molecule has 1 spiro atoms. The van der Waals surface area contributed by atoms with Gasteiger partial charge in [0.25, 0.3) is 11.8 Å². The van der Waals surface area contributed by atoms with Gasteiger partial charge in [-0.05, 0) is 194 Å². The highest BCUT2D eigenvalue weighted by atomic mass is 16.5. The third kappa shape index (κ3) is 10.0. The fourth-order valence-corrected chi connectivity index (χ4v) is 9.91. The fourth-order valence-electron chi connectivity index (χ4n) is 9.91. The van der Waals surface area contributed by atoms with Crippen LogP contribution in [0.3, 0.4) is 0 Å². The number of hydrogen-bond donors (Lipinski definition) is 2. The minimum absolute atomic E-state index is 0.0166. The van der Waals surface area contributed by atoms with Crippen molar-refractivity contribution < 1.29 is 28.4 Å². The molecule has 3 heterocycles. The average Bonchev–Trinajstić information content (AvgIpc) is 4.08. The third-order valence-corrected chi connectivity index (χ3v) is 13.6. The van der Waals surface area contributed by atoms with E-state index in [-0.39, 0.29) is 30.1 Å². The molecule has 0 saturated carbocycles. The highest BCUT2D eigenvalue weighted by Gasteiger charge is 2.52. The standard InChI is InChI=1S/C33H37N3O3.C23H27N3O3/c1-22(2)38-29-14-13-26(17-23(29)3)30-34-31(39-35-30)27-12-11-25-15-16-33(19-28(25)18-27)21-37-32(4,5)36(33)20-24-9-7-6-8-10-24;1-14(2)28-20-7-6-17(10-15(20)3)21-25-22(29-26-21)18-5-4-16-8-9-23(24,13-27)12-19(16)11-18/h6-14,17-18,22H,15-16,19-21H2,1-5H3;4-7,10-11,14,27H,8-9,12-13,24H2,1-3H3. The van der Waals surface area contributed by atoms with Gasteiger partial charge >= 0.3 is 0 Å². The SMILES string of the molecule is Cc1cc(-c2noc(-c3ccc4c(c3)CC(N)(CO)CC4)n2)ccc1OC(C)C.Cc1cc(-c2noc(-c3ccc4c(c3)CC3(CC4)COC(C)(C)N3Cc3ccccc3)n2)ccc1OC(C)C. The number of aryl methyl sites for hydroxylation is 4. The van der Waals surface area contributed by atoms with E-state index in [1.54, 1.807) is 0 Å². The molecule has 12 nitrogen and oxygen atoms in total. The molecule has 12 heteroatoms. The molecule has 5 aromatic carbocycles. The maximum atomic E-state index is 9.61. The van der Waals surface area contributed by atoms with Crippen LogP contribution in [0, 0.1) is 13.8 Å². The van der Waals surface area contributed by atoms with Crippen molar-refractivity contribution in [3.05, 3.63) is 142 Å². The lowest BCUT2D eigenvalue weighted by atomic mass is 9.76. The largest absolute Gasteiger partial charge is 0.491 e. The first-order chi connectivity index (χ1) is 32.6. The molecular formula is C56H64N6O6. The molecule has 3 N–H and O–H groups in total. The summed E-state index contributed by atoms with van der Waals surface area (Å²) >= 11 is 0. The summed E-state index contributed by atoms with van der Waals surface area (Å²) in [5, 5.41) is 18.1. The molecule has 7 aromatic rings. The normalized spacial score (nSPS) is 19.7. The van der Waals surface area contributed by atoms with Crippen LogP contribution >= 0.6 is 0 Å². The second kappa shape index (κ2) is 19.1. The second-order valence-electron chi connectivity index (χ2n) is 20.0. The zero-order chi connectivity index (χ0) is 47.8. The molecule has 0 bridgehead atoms. The number of ether oxygens (including phenoxy) is 3. The number of fused-ring (bicyclic) bond motifs is 2. The molecule has 2 unspecified atom stereocenters. The summed E-state index contributed by atoms with van der Waals surface area (Å²) in [6.07, 6.45) is 5.59. The lowest BCUT2D eigenvalue weighted by molar-refractivity contribution is -0.0673. The van der Waals surface area contributed by atoms with Crippen LogP contribution < -0.4 is 15.2 Å². The van der Waals surface area contributed by atoms with Crippen LogP contribution in [0.1, 0.15) is 93.3 Å². The Morgan fingerprint density at radius 1 is 0.647 bits per heavy atom. The number of nitrogens with two attached hydrogens (primary N) is 1. The molecule has 0 amide bonds. The van der Waals surface area contributed by atoms with Gasteiger partial charge in [0.1, 0.15) is 17.2 Å². The minimum Gasteiger partial charge on any atom is -0.491 e. The Balaban J connectivity index is 0.000000178. The van der Waals surface area contributed by atoms with Crippen LogP contribution in [-0.4, -0.2) is 72.5 Å². The van der Waals surface area contributed by atoms with Gasteiger partial charge in [-0.3, -0.25) is 4.90 Å². The Bertz CT molecular complexity index is 2890. The Hall–Kier alpha value is -6.18. The predicted molar refractivity (Wildman–Crippen MR) is 264 cm³/mol. The first-order valence-corrected chi connectivity index (χ1v) is 23.9. The third-order valence-electron chi connectivity index (χ3n) is 13.6. The van der Waals surface area contributed by atoms with Crippen molar-refractivity contribution in [2.45, 2.75) is 129 Å². The number of hydrogen-bond acceptors (Lipinski definition) is 12. The number of aliphatic hydroxyl groups is 1. The summed E-state index contributed by atoms with van der Waals surface area (Å²) < 4.78 is 29.4. The number of benzene rings is 5. The van der Waals surface area contributed by atoms with E-state index in [1.807, 2.05) is 90.1 Å². The molecule has 354 valence electrons. The maximum absolute atomic E-state index is 9.61. The first-order valence-electron chi connectivity index (χ1n) is 23.9. The van der Waals surface area contributed by atoms with Crippen LogP contribution in [0.4, 0.5) is 0 Å². The summed E-state index contributed by atoms with van der Waals surface area (Å²) in [7, 11) is 0. The van der Waals surface area contributed by atoms with Gasteiger partial charge in [-0.15, -0.1) is 0 Å². The Kier molecular flexibility index (Phi) is 13.2. The highest BCUT2D eigenvalue weighted by Crippen LogP contribution is 2.45. The van der Waals surface area contributed by atoms with Crippen LogP contribution in [0.2, 0.25) is 0 Å². The van der Waals surface area contributed by atoms with Gasteiger partial charge in [0.2, 0.25) is 11.6 Å². The quantitative estimate of drug-likeness (QED) is 0.127. The van der Waals surface area contributed by atoms with E-state index in [1.165, 1.54) is 22.3 Å². The van der Waals surface area contributed by atoms with Crippen molar-refractivity contribution in [2.75, 3.05) is 13.2 Å². The molecular weight excluding hydrogens is 853 g/mol. The van der Waals surface area contributed by atoms with E-state index in [0.717, 1.165) is 95.7 Å². The zero-order valence-electron chi connectivity index (χ0n) is 40.6. The zero-order valence-corrected chi connectivity index (χ0v) is 40.6. The van der Waals surface area contributed by atoms with Gasteiger partial charge in [-0.25, -0.2) is 0 Å². The Morgan fingerprint density at radius 3 is 1.68 bits per heavy atom. The Morgan fingerprint density at radius 2 is 1.16 bits per heavy atom. The number of aromatic nitrogens is 4. The highest BCUT2D eigenvalue weighted by molar-refractivity contribution is 5.64. The monoisotopic (exact) mass is 916 g/mol. The van der Waals surface area contributed by atoms with Gasteiger partial charge in [0.15, 0.2) is 0 Å². The summed E-state index contributed by atoms with van der Waals surface area (Å²) in [6.45, 7) is 18.1. The van der Waals surface area contributed by atoms with Gasteiger partial charge in [0, 0.05) is 34.3 Å². The van der Waals surface area contributed by atoms with E-state index in [9.17, 15) is 5.11 Å². The summed E-state index contributed by atoms with van der Waals surface area (Å²) in [6, 6.07) is 35.3. The van der Waals surface area contributed by atoms with Crippen molar-refractivity contribution in [1.29, 1.82) is 0 Å².